The fourth-order valence-corrected chi connectivity index (χ4v) is 5.21. The summed E-state index contributed by atoms with van der Waals surface area (Å²) in [5, 5.41) is 38.5. The van der Waals surface area contributed by atoms with E-state index < -0.39 is 24.4 Å². The van der Waals surface area contributed by atoms with Crippen LogP contribution >= 0.6 is 0 Å². The van der Waals surface area contributed by atoms with Gasteiger partial charge < -0.3 is 20.4 Å². The molecule has 4 aliphatic rings. The van der Waals surface area contributed by atoms with E-state index in [-0.39, 0.29) is 11.8 Å². The normalized spacial score (nSPS) is 23.0. The Kier molecular flexibility index (Phi) is 17.5. The van der Waals surface area contributed by atoms with Crippen LogP contribution in [0, 0.1) is 23.7 Å². The Morgan fingerprint density at radius 1 is 0.500 bits per heavy atom. The standard InChI is InChI=1S/2C10H17NO2.C10H17N.C10H15N/c2*1-5(2)7-9(12)10(13)8(11-7)6(3)4;2*1-7(2)9-5-6-10(11-9)8(3)4/h2*5,9-10,12-13H,1-4H3;7H,5-6H2,1-4H3;5-7H,1-4H3/t9-,10+;9-,10-;;/m00../s1. The van der Waals surface area contributed by atoms with Crippen molar-refractivity contribution in [2.75, 3.05) is 0 Å². The van der Waals surface area contributed by atoms with Crippen molar-refractivity contribution in [3.05, 3.63) is 57.2 Å². The van der Waals surface area contributed by atoms with Crippen LogP contribution in [0.2, 0.25) is 0 Å². The number of allylic oxidation sites excluding steroid dienone is 7. The number of aliphatic hydroxyl groups excluding tert-OH is 4. The van der Waals surface area contributed by atoms with Gasteiger partial charge in [-0.25, -0.2) is 0 Å². The molecule has 4 aliphatic heterocycles. The van der Waals surface area contributed by atoms with Crippen LogP contribution in [0.1, 0.15) is 124 Å². The predicted octanol–water partition coefficient (Wildman–Crippen LogP) is 8.34. The third-order valence-electron chi connectivity index (χ3n) is 8.38. The molecule has 8 heteroatoms. The van der Waals surface area contributed by atoms with Gasteiger partial charge in [0.05, 0.1) is 28.5 Å². The predicted molar refractivity (Wildman–Crippen MR) is 205 cm³/mol. The maximum Gasteiger partial charge on any atom is 0.127 e. The third-order valence-corrected chi connectivity index (χ3v) is 8.38. The first-order chi connectivity index (χ1) is 22.1. The lowest BCUT2D eigenvalue weighted by Crippen LogP contribution is -2.31. The molecule has 0 fully saturated rings. The zero-order valence-corrected chi connectivity index (χ0v) is 32.8. The first-order valence-electron chi connectivity index (χ1n) is 17.5. The monoisotopic (exact) mass is 667 g/mol. The molecule has 48 heavy (non-hydrogen) atoms. The quantitative estimate of drug-likeness (QED) is 0.240. The van der Waals surface area contributed by atoms with Crippen LogP contribution in [-0.2, 0) is 0 Å². The Morgan fingerprint density at radius 2 is 0.938 bits per heavy atom. The van der Waals surface area contributed by atoms with Crippen LogP contribution < -0.4 is 0 Å². The summed E-state index contributed by atoms with van der Waals surface area (Å²) in [6.45, 7) is 32.6. The molecule has 4 N–H and O–H groups in total. The Hall–Kier alpha value is -2.78. The highest BCUT2D eigenvalue weighted by molar-refractivity contribution is 6.00. The summed E-state index contributed by atoms with van der Waals surface area (Å²) in [7, 11) is 0. The topological polar surface area (TPSA) is 130 Å². The first kappa shape index (κ1) is 43.2. The number of aliphatic imine (C=N–C) groups is 4. The molecule has 270 valence electrons. The van der Waals surface area contributed by atoms with Gasteiger partial charge in [0.15, 0.2) is 0 Å². The summed E-state index contributed by atoms with van der Waals surface area (Å²) in [5.74, 6) is 1.54. The average Bonchev–Trinajstić information content (AvgIpc) is 3.77. The minimum atomic E-state index is -0.831. The van der Waals surface area contributed by atoms with E-state index in [0.29, 0.717) is 34.7 Å². The van der Waals surface area contributed by atoms with Gasteiger partial charge in [-0.15, -0.1) is 0 Å². The highest BCUT2D eigenvalue weighted by Gasteiger charge is 2.34. The molecule has 4 atom stereocenters. The molecule has 0 aromatic carbocycles. The largest absolute Gasteiger partial charge is 0.384 e. The summed E-state index contributed by atoms with van der Waals surface area (Å²) in [4.78, 5) is 17.5. The number of aliphatic hydroxyl groups is 4. The summed E-state index contributed by atoms with van der Waals surface area (Å²) >= 11 is 0. The maximum absolute atomic E-state index is 9.63. The van der Waals surface area contributed by atoms with Gasteiger partial charge >= 0.3 is 0 Å². The molecule has 0 saturated heterocycles. The minimum absolute atomic E-state index is 0.182. The van der Waals surface area contributed by atoms with Gasteiger partial charge in [-0.05, 0) is 104 Å². The van der Waals surface area contributed by atoms with Crippen molar-refractivity contribution in [1.29, 1.82) is 0 Å². The van der Waals surface area contributed by atoms with Crippen molar-refractivity contribution in [2.24, 2.45) is 43.6 Å². The Morgan fingerprint density at radius 3 is 1.12 bits per heavy atom. The van der Waals surface area contributed by atoms with E-state index in [2.05, 4.69) is 87.5 Å². The SMILES string of the molecule is CC(C)=C1C=CC(C(C)C)=N1.CC(C)=C1CCC(C(C)C)=N1.CC(C)=C1N=C(C(C)C)[C@H](O)[C@@H]1O.CC(C)=C1N=C(C(C)C)[C@H](O)[C@H]1O. The Bertz CT molecular complexity index is 1340. The van der Waals surface area contributed by atoms with Crippen molar-refractivity contribution >= 4 is 22.8 Å². The molecule has 0 amide bonds. The Labute approximate surface area is 291 Å². The van der Waals surface area contributed by atoms with E-state index in [0.717, 1.165) is 23.3 Å². The molecule has 0 radical (unpaired) electrons. The fourth-order valence-electron chi connectivity index (χ4n) is 5.21. The zero-order chi connectivity index (χ0) is 37.2. The van der Waals surface area contributed by atoms with E-state index in [1.54, 1.807) is 0 Å². The fraction of sp³-hybridized carbons (Fsp3) is 0.650. The Balaban J connectivity index is 0.000000321. The lowest BCUT2D eigenvalue weighted by molar-refractivity contribution is 0.0902. The van der Waals surface area contributed by atoms with Gasteiger partial charge in [0.25, 0.3) is 0 Å². The molecule has 0 bridgehead atoms. The van der Waals surface area contributed by atoms with Gasteiger partial charge in [0.2, 0.25) is 0 Å². The molecule has 0 unspecified atom stereocenters. The van der Waals surface area contributed by atoms with Crippen LogP contribution in [0.4, 0.5) is 0 Å². The van der Waals surface area contributed by atoms with E-state index in [9.17, 15) is 20.4 Å². The van der Waals surface area contributed by atoms with Gasteiger partial charge in [-0.3, -0.25) is 20.0 Å². The molecule has 0 spiro atoms. The highest BCUT2D eigenvalue weighted by atomic mass is 16.3. The minimum Gasteiger partial charge on any atom is -0.384 e. The number of rotatable bonds is 4. The first-order valence-corrected chi connectivity index (χ1v) is 17.5. The lowest BCUT2D eigenvalue weighted by atomic mass is 10.0. The lowest BCUT2D eigenvalue weighted by Gasteiger charge is -2.12. The summed E-state index contributed by atoms with van der Waals surface area (Å²) in [5.41, 5.74) is 12.2. The summed E-state index contributed by atoms with van der Waals surface area (Å²) in [6, 6.07) is 0. The van der Waals surface area contributed by atoms with Crippen LogP contribution in [0.3, 0.4) is 0 Å². The summed E-state index contributed by atoms with van der Waals surface area (Å²) in [6.07, 6.45) is 3.24. The molecule has 0 aromatic rings. The van der Waals surface area contributed by atoms with Crippen LogP contribution in [0.5, 0.6) is 0 Å². The van der Waals surface area contributed by atoms with E-state index >= 15 is 0 Å². The van der Waals surface area contributed by atoms with E-state index in [4.69, 9.17) is 0 Å². The van der Waals surface area contributed by atoms with Gasteiger partial charge in [-0.1, -0.05) is 77.7 Å². The average molecular weight is 667 g/mol. The molecule has 4 heterocycles. The van der Waals surface area contributed by atoms with Crippen molar-refractivity contribution in [1.82, 2.24) is 0 Å². The second-order valence-corrected chi connectivity index (χ2v) is 15.0. The van der Waals surface area contributed by atoms with Gasteiger partial charge in [-0.2, -0.15) is 0 Å². The molecular formula is C40H66N4O4. The number of hydrogen-bond acceptors (Lipinski definition) is 8. The third kappa shape index (κ3) is 12.3. The van der Waals surface area contributed by atoms with E-state index in [1.165, 1.54) is 34.7 Å². The molecule has 8 nitrogen and oxygen atoms in total. The van der Waals surface area contributed by atoms with Crippen molar-refractivity contribution in [3.8, 4) is 0 Å². The molecule has 0 aromatic heterocycles. The molecule has 0 aliphatic carbocycles. The van der Waals surface area contributed by atoms with Crippen LogP contribution in [0.15, 0.2) is 77.2 Å². The zero-order valence-electron chi connectivity index (χ0n) is 32.8. The number of nitrogens with zero attached hydrogens (tertiary/aromatic N) is 4. The smallest absolute Gasteiger partial charge is 0.127 e. The van der Waals surface area contributed by atoms with Gasteiger partial charge in [0, 0.05) is 17.1 Å². The van der Waals surface area contributed by atoms with E-state index in [1.807, 2.05) is 55.4 Å². The second kappa shape index (κ2) is 19.4. The van der Waals surface area contributed by atoms with Crippen molar-refractivity contribution < 1.29 is 20.4 Å². The van der Waals surface area contributed by atoms with Crippen LogP contribution in [0.25, 0.3) is 0 Å². The molecule has 4 rings (SSSR count). The molecule has 0 saturated carbocycles. The number of hydrogen-bond donors (Lipinski definition) is 4. The summed E-state index contributed by atoms with van der Waals surface area (Å²) < 4.78 is 0. The van der Waals surface area contributed by atoms with Gasteiger partial charge in [0.1, 0.15) is 24.4 Å². The van der Waals surface area contributed by atoms with Crippen LogP contribution in [-0.4, -0.2) is 67.7 Å². The molecular weight excluding hydrogens is 600 g/mol. The second-order valence-electron chi connectivity index (χ2n) is 15.0. The van der Waals surface area contributed by atoms with Crippen molar-refractivity contribution in [3.63, 3.8) is 0 Å². The van der Waals surface area contributed by atoms with Crippen molar-refractivity contribution in [2.45, 2.75) is 148 Å². The maximum atomic E-state index is 9.63. The highest BCUT2D eigenvalue weighted by Crippen LogP contribution is 2.26.